The minimum atomic E-state index is -0.786. The molecule has 20 heavy (non-hydrogen) atoms. The largest absolute Gasteiger partial charge is 0.481 e. The van der Waals surface area contributed by atoms with Gasteiger partial charge >= 0.3 is 12.0 Å². The van der Waals surface area contributed by atoms with Crippen LogP contribution in [0.4, 0.5) is 4.79 Å². The van der Waals surface area contributed by atoms with E-state index in [9.17, 15) is 9.59 Å². The molecule has 0 aliphatic rings. The summed E-state index contributed by atoms with van der Waals surface area (Å²) in [5.41, 5.74) is 0. The predicted molar refractivity (Wildman–Crippen MR) is 80.6 cm³/mol. The van der Waals surface area contributed by atoms with E-state index in [0.29, 0.717) is 43.7 Å². The van der Waals surface area contributed by atoms with Crippen LogP contribution in [0.25, 0.3) is 0 Å². The molecule has 0 aliphatic carbocycles. The van der Waals surface area contributed by atoms with Gasteiger partial charge in [0.1, 0.15) is 0 Å². The molecule has 2 amide bonds. The van der Waals surface area contributed by atoms with Crippen LogP contribution in [0.1, 0.15) is 47.5 Å². The molecule has 0 aliphatic heterocycles. The fourth-order valence-electron chi connectivity index (χ4n) is 2.25. The summed E-state index contributed by atoms with van der Waals surface area (Å²) in [4.78, 5) is 22.3. The zero-order chi connectivity index (χ0) is 15.7. The highest BCUT2D eigenvalue weighted by atomic mass is 16.4. The summed E-state index contributed by atoms with van der Waals surface area (Å²) in [5, 5.41) is 14.4. The molecule has 0 aromatic rings. The van der Waals surface area contributed by atoms with Crippen LogP contribution in [-0.2, 0) is 4.79 Å². The van der Waals surface area contributed by atoms with Crippen LogP contribution in [0, 0.1) is 23.7 Å². The maximum Gasteiger partial charge on any atom is 0.314 e. The molecular formula is C15H30N2O3. The summed E-state index contributed by atoms with van der Waals surface area (Å²) in [6.45, 7) is 11.5. The Bertz CT molecular complexity index is 295. The number of rotatable bonds is 9. The van der Waals surface area contributed by atoms with Crippen LogP contribution in [-0.4, -0.2) is 30.2 Å². The van der Waals surface area contributed by atoms with Gasteiger partial charge in [0, 0.05) is 13.1 Å². The summed E-state index contributed by atoms with van der Waals surface area (Å²) >= 11 is 0. The number of nitrogens with one attached hydrogen (secondary N) is 2. The number of hydrogen-bond donors (Lipinski definition) is 3. The number of hydrogen-bond acceptors (Lipinski definition) is 2. The monoisotopic (exact) mass is 286 g/mol. The highest BCUT2D eigenvalue weighted by Gasteiger charge is 2.18. The van der Waals surface area contributed by atoms with Gasteiger partial charge in [0.05, 0.1) is 5.92 Å². The summed E-state index contributed by atoms with van der Waals surface area (Å²) in [6, 6.07) is -0.167. The first-order chi connectivity index (χ1) is 9.25. The van der Waals surface area contributed by atoms with Gasteiger partial charge in [-0.05, 0) is 30.6 Å². The average molecular weight is 286 g/mol. The lowest BCUT2D eigenvalue weighted by Gasteiger charge is -2.25. The van der Waals surface area contributed by atoms with Gasteiger partial charge in [-0.15, -0.1) is 0 Å². The van der Waals surface area contributed by atoms with Crippen molar-refractivity contribution in [2.75, 3.05) is 13.1 Å². The highest BCUT2D eigenvalue weighted by Crippen LogP contribution is 2.19. The molecule has 0 aromatic carbocycles. The summed E-state index contributed by atoms with van der Waals surface area (Å²) in [7, 11) is 0. The van der Waals surface area contributed by atoms with Gasteiger partial charge in [-0.3, -0.25) is 4.79 Å². The van der Waals surface area contributed by atoms with Gasteiger partial charge in [0.15, 0.2) is 0 Å². The number of aliphatic carboxylic acids is 1. The zero-order valence-electron chi connectivity index (χ0n) is 13.4. The van der Waals surface area contributed by atoms with Crippen LogP contribution in [0.2, 0.25) is 0 Å². The molecule has 0 rings (SSSR count). The van der Waals surface area contributed by atoms with Crippen molar-refractivity contribution < 1.29 is 14.7 Å². The van der Waals surface area contributed by atoms with Crippen molar-refractivity contribution in [3.8, 4) is 0 Å². The van der Waals surface area contributed by atoms with E-state index in [-0.39, 0.29) is 11.9 Å². The van der Waals surface area contributed by atoms with E-state index in [1.807, 2.05) is 0 Å². The Labute approximate surface area is 122 Å². The number of carbonyl (C=O) groups excluding carboxylic acids is 1. The Morgan fingerprint density at radius 3 is 2.00 bits per heavy atom. The first-order valence-electron chi connectivity index (χ1n) is 7.50. The third kappa shape index (κ3) is 8.02. The molecule has 118 valence electrons. The number of urea groups is 1. The van der Waals surface area contributed by atoms with E-state index in [4.69, 9.17) is 5.11 Å². The van der Waals surface area contributed by atoms with Crippen molar-refractivity contribution in [1.82, 2.24) is 10.6 Å². The molecule has 0 radical (unpaired) electrons. The Hall–Kier alpha value is -1.26. The van der Waals surface area contributed by atoms with Gasteiger partial charge in [0.25, 0.3) is 0 Å². The molecule has 0 fully saturated rings. The number of amides is 2. The molecular weight excluding hydrogens is 256 g/mol. The molecule has 0 aromatic heterocycles. The fraction of sp³-hybridized carbons (Fsp3) is 0.867. The lowest BCUT2D eigenvalue weighted by molar-refractivity contribution is -0.141. The molecule has 5 heteroatoms. The van der Waals surface area contributed by atoms with Gasteiger partial charge in [-0.2, -0.15) is 0 Å². The van der Waals surface area contributed by atoms with E-state index in [0.717, 1.165) is 0 Å². The summed E-state index contributed by atoms with van der Waals surface area (Å²) in [6.07, 6.45) is 1.26. The van der Waals surface area contributed by atoms with Crippen LogP contribution in [0.15, 0.2) is 0 Å². The van der Waals surface area contributed by atoms with E-state index in [1.54, 1.807) is 6.92 Å². The lowest BCUT2D eigenvalue weighted by Crippen LogP contribution is -2.40. The fourth-order valence-corrected chi connectivity index (χ4v) is 2.25. The molecule has 0 heterocycles. The predicted octanol–water partition coefficient (Wildman–Crippen LogP) is 2.71. The van der Waals surface area contributed by atoms with Crippen LogP contribution >= 0.6 is 0 Å². The Kier molecular flexibility index (Phi) is 9.01. The van der Waals surface area contributed by atoms with Gasteiger partial charge in [0.2, 0.25) is 0 Å². The van der Waals surface area contributed by atoms with Crippen molar-refractivity contribution in [3.63, 3.8) is 0 Å². The maximum atomic E-state index is 11.6. The molecule has 0 saturated carbocycles. The number of carboxylic acid groups (broad SMARTS) is 1. The van der Waals surface area contributed by atoms with Gasteiger partial charge < -0.3 is 15.7 Å². The van der Waals surface area contributed by atoms with E-state index < -0.39 is 5.97 Å². The normalized spacial score (nSPS) is 12.8. The Morgan fingerprint density at radius 2 is 1.55 bits per heavy atom. The second kappa shape index (κ2) is 9.61. The standard InChI is InChI=1S/C15H30N2O3/c1-10(2)13(11(3)4)9-17-15(20)16-8-6-7-12(5)14(18)19/h10-13H,6-9H2,1-5H3,(H,18,19)(H2,16,17,20). The van der Waals surface area contributed by atoms with E-state index >= 15 is 0 Å². The van der Waals surface area contributed by atoms with Crippen molar-refractivity contribution in [2.45, 2.75) is 47.5 Å². The van der Waals surface area contributed by atoms with E-state index in [1.165, 1.54) is 0 Å². The smallest absolute Gasteiger partial charge is 0.314 e. The van der Waals surface area contributed by atoms with Crippen molar-refractivity contribution in [1.29, 1.82) is 0 Å². The molecule has 0 spiro atoms. The van der Waals surface area contributed by atoms with Crippen LogP contribution in [0.5, 0.6) is 0 Å². The second-order valence-electron chi connectivity index (χ2n) is 6.17. The molecule has 5 nitrogen and oxygen atoms in total. The maximum absolute atomic E-state index is 11.6. The third-order valence-corrected chi connectivity index (χ3v) is 3.73. The van der Waals surface area contributed by atoms with Gasteiger partial charge in [-0.1, -0.05) is 34.6 Å². The van der Waals surface area contributed by atoms with Gasteiger partial charge in [-0.25, -0.2) is 4.79 Å². The summed E-state index contributed by atoms with van der Waals surface area (Å²) in [5.74, 6) is 0.392. The highest BCUT2D eigenvalue weighted by molar-refractivity contribution is 5.73. The van der Waals surface area contributed by atoms with Crippen molar-refractivity contribution in [2.24, 2.45) is 23.7 Å². The molecule has 1 unspecified atom stereocenters. The third-order valence-electron chi connectivity index (χ3n) is 3.73. The zero-order valence-corrected chi connectivity index (χ0v) is 13.4. The minimum Gasteiger partial charge on any atom is -0.481 e. The second-order valence-corrected chi connectivity index (χ2v) is 6.17. The lowest BCUT2D eigenvalue weighted by atomic mass is 9.85. The molecule has 1 atom stereocenters. The topological polar surface area (TPSA) is 78.4 Å². The average Bonchev–Trinajstić information content (AvgIpc) is 2.33. The van der Waals surface area contributed by atoms with Crippen LogP contribution < -0.4 is 10.6 Å². The molecule has 0 bridgehead atoms. The van der Waals surface area contributed by atoms with E-state index in [2.05, 4.69) is 38.3 Å². The first-order valence-corrected chi connectivity index (χ1v) is 7.50. The Balaban J connectivity index is 3.81. The molecule has 0 saturated heterocycles. The van der Waals surface area contributed by atoms with Crippen molar-refractivity contribution in [3.05, 3.63) is 0 Å². The number of carboxylic acids is 1. The van der Waals surface area contributed by atoms with Crippen LogP contribution in [0.3, 0.4) is 0 Å². The first kappa shape index (κ1) is 18.7. The quantitative estimate of drug-likeness (QED) is 0.570. The van der Waals surface area contributed by atoms with Crippen molar-refractivity contribution >= 4 is 12.0 Å². The summed E-state index contributed by atoms with van der Waals surface area (Å²) < 4.78 is 0. The minimum absolute atomic E-state index is 0.167. The SMILES string of the molecule is CC(CCCNC(=O)NCC(C(C)C)C(C)C)C(=O)O. The Morgan fingerprint density at radius 1 is 1.00 bits per heavy atom. The molecule has 3 N–H and O–H groups in total. The number of carbonyl (C=O) groups is 2.